The molecule has 0 aliphatic rings. The Morgan fingerprint density at radius 2 is 2.12 bits per heavy atom. The lowest BCUT2D eigenvalue weighted by atomic mass is 10.1. The molecule has 0 fully saturated rings. The van der Waals surface area contributed by atoms with Crippen molar-refractivity contribution < 1.29 is 4.39 Å². The molecule has 1 aromatic heterocycles. The van der Waals surface area contributed by atoms with Gasteiger partial charge in [0.15, 0.2) is 0 Å². The Kier molecular flexibility index (Phi) is 4.12. The van der Waals surface area contributed by atoms with Crippen LogP contribution < -0.4 is 5.73 Å². The summed E-state index contributed by atoms with van der Waals surface area (Å²) in [6.07, 6.45) is 1.73. The van der Waals surface area contributed by atoms with Crippen molar-refractivity contribution in [3.63, 3.8) is 0 Å². The highest BCUT2D eigenvalue weighted by molar-refractivity contribution is 7.98. The predicted molar refractivity (Wildman–Crippen MR) is 68.1 cm³/mol. The molecule has 0 radical (unpaired) electrons. The van der Waals surface area contributed by atoms with Crippen LogP contribution in [0.25, 0.3) is 0 Å². The molecule has 0 bridgehead atoms. The normalized spacial score (nSPS) is 10.5. The maximum absolute atomic E-state index is 13.7. The SMILES string of the molecule is NCc1ccc(CSc2ccccn2)c(F)c1. The first-order chi connectivity index (χ1) is 8.29. The summed E-state index contributed by atoms with van der Waals surface area (Å²) in [6.45, 7) is 0.366. The molecule has 0 saturated carbocycles. The second-order valence-corrected chi connectivity index (χ2v) is 4.58. The van der Waals surface area contributed by atoms with Crippen LogP contribution in [0.5, 0.6) is 0 Å². The van der Waals surface area contributed by atoms with Gasteiger partial charge in [0.1, 0.15) is 5.82 Å². The lowest BCUT2D eigenvalue weighted by molar-refractivity contribution is 0.615. The average Bonchev–Trinajstić information content (AvgIpc) is 2.38. The van der Waals surface area contributed by atoms with Gasteiger partial charge in [-0.05, 0) is 29.3 Å². The van der Waals surface area contributed by atoms with Gasteiger partial charge in [-0.15, -0.1) is 11.8 Å². The third kappa shape index (κ3) is 3.28. The molecule has 2 aromatic rings. The minimum absolute atomic E-state index is 0.198. The zero-order valence-electron chi connectivity index (χ0n) is 9.27. The molecule has 0 spiro atoms. The van der Waals surface area contributed by atoms with E-state index in [1.54, 1.807) is 12.3 Å². The molecule has 0 amide bonds. The highest BCUT2D eigenvalue weighted by Gasteiger charge is 2.04. The molecule has 1 aromatic carbocycles. The van der Waals surface area contributed by atoms with Crippen molar-refractivity contribution in [2.24, 2.45) is 5.73 Å². The summed E-state index contributed by atoms with van der Waals surface area (Å²) in [6, 6.07) is 10.8. The molecule has 2 N–H and O–H groups in total. The smallest absolute Gasteiger partial charge is 0.127 e. The molecule has 2 rings (SSSR count). The van der Waals surface area contributed by atoms with Gasteiger partial charge in [-0.1, -0.05) is 18.2 Å². The van der Waals surface area contributed by atoms with E-state index in [1.807, 2.05) is 24.3 Å². The average molecular weight is 248 g/mol. The number of hydrogen-bond acceptors (Lipinski definition) is 3. The first-order valence-corrected chi connectivity index (χ1v) is 6.29. The van der Waals surface area contributed by atoms with Crippen LogP contribution in [0.1, 0.15) is 11.1 Å². The molecule has 4 heteroatoms. The van der Waals surface area contributed by atoms with Crippen molar-refractivity contribution in [1.29, 1.82) is 0 Å². The zero-order chi connectivity index (χ0) is 12.1. The Morgan fingerprint density at radius 1 is 1.24 bits per heavy atom. The second kappa shape index (κ2) is 5.80. The van der Waals surface area contributed by atoms with Crippen LogP contribution in [0.15, 0.2) is 47.6 Å². The molecule has 1 heterocycles. The third-order valence-corrected chi connectivity index (χ3v) is 3.36. The standard InChI is InChI=1S/C13H13FN2S/c14-12-7-10(8-15)4-5-11(12)9-17-13-3-1-2-6-16-13/h1-7H,8-9,15H2. The van der Waals surface area contributed by atoms with Crippen molar-refractivity contribution in [2.45, 2.75) is 17.3 Å². The van der Waals surface area contributed by atoms with E-state index >= 15 is 0 Å². The lowest BCUT2D eigenvalue weighted by Crippen LogP contribution is -1.98. The first kappa shape index (κ1) is 12.1. The number of rotatable bonds is 4. The Hall–Kier alpha value is -1.39. The van der Waals surface area contributed by atoms with Gasteiger partial charge in [-0.3, -0.25) is 0 Å². The summed E-state index contributed by atoms with van der Waals surface area (Å²) in [5, 5.41) is 0.898. The fourth-order valence-electron chi connectivity index (χ4n) is 1.42. The number of hydrogen-bond donors (Lipinski definition) is 1. The molecule has 0 unspecified atom stereocenters. The van der Waals surface area contributed by atoms with Crippen molar-refractivity contribution in [3.05, 3.63) is 59.5 Å². The van der Waals surface area contributed by atoms with E-state index in [-0.39, 0.29) is 5.82 Å². The molecule has 0 aliphatic carbocycles. The molecular formula is C13H13FN2S. The summed E-state index contributed by atoms with van der Waals surface area (Å²) in [4.78, 5) is 4.18. The van der Waals surface area contributed by atoms with Gasteiger partial charge in [-0.25, -0.2) is 9.37 Å². The van der Waals surface area contributed by atoms with Crippen molar-refractivity contribution >= 4 is 11.8 Å². The summed E-state index contributed by atoms with van der Waals surface area (Å²) < 4.78 is 13.7. The number of halogens is 1. The lowest BCUT2D eigenvalue weighted by Gasteiger charge is -2.04. The number of aromatic nitrogens is 1. The monoisotopic (exact) mass is 248 g/mol. The second-order valence-electron chi connectivity index (χ2n) is 3.59. The topological polar surface area (TPSA) is 38.9 Å². The first-order valence-electron chi connectivity index (χ1n) is 5.31. The van der Waals surface area contributed by atoms with E-state index in [0.717, 1.165) is 10.6 Å². The Labute approximate surface area is 104 Å². The van der Waals surface area contributed by atoms with Crippen LogP contribution >= 0.6 is 11.8 Å². The van der Waals surface area contributed by atoms with Crippen LogP contribution in [0.3, 0.4) is 0 Å². The predicted octanol–water partition coefficient (Wildman–Crippen LogP) is 2.97. The Balaban J connectivity index is 2.04. The minimum Gasteiger partial charge on any atom is -0.326 e. The summed E-state index contributed by atoms with van der Waals surface area (Å²) in [5.41, 5.74) is 6.94. The van der Waals surface area contributed by atoms with E-state index in [9.17, 15) is 4.39 Å². The van der Waals surface area contributed by atoms with Gasteiger partial charge in [0.25, 0.3) is 0 Å². The van der Waals surface area contributed by atoms with Gasteiger partial charge in [0, 0.05) is 18.5 Å². The number of thioether (sulfide) groups is 1. The largest absolute Gasteiger partial charge is 0.326 e. The summed E-state index contributed by atoms with van der Waals surface area (Å²) >= 11 is 1.52. The van der Waals surface area contributed by atoms with Crippen LogP contribution in [0, 0.1) is 5.82 Å². The molecule has 17 heavy (non-hydrogen) atoms. The molecule has 0 atom stereocenters. The number of nitrogens with zero attached hydrogens (tertiary/aromatic N) is 1. The maximum atomic E-state index is 13.7. The van der Waals surface area contributed by atoms with E-state index in [0.29, 0.717) is 17.9 Å². The number of pyridine rings is 1. The minimum atomic E-state index is -0.198. The molecule has 88 valence electrons. The van der Waals surface area contributed by atoms with Gasteiger partial charge >= 0.3 is 0 Å². The number of benzene rings is 1. The molecule has 0 saturated heterocycles. The fraction of sp³-hybridized carbons (Fsp3) is 0.154. The van der Waals surface area contributed by atoms with E-state index in [2.05, 4.69) is 4.98 Å². The van der Waals surface area contributed by atoms with Crippen molar-refractivity contribution in [2.75, 3.05) is 0 Å². The third-order valence-electron chi connectivity index (χ3n) is 2.37. The Bertz CT molecular complexity index is 488. The van der Waals surface area contributed by atoms with E-state index < -0.39 is 0 Å². The summed E-state index contributed by atoms with van der Waals surface area (Å²) in [5.74, 6) is 0.379. The highest BCUT2D eigenvalue weighted by atomic mass is 32.2. The molecule has 0 aliphatic heterocycles. The highest BCUT2D eigenvalue weighted by Crippen LogP contribution is 2.22. The zero-order valence-corrected chi connectivity index (χ0v) is 10.1. The maximum Gasteiger partial charge on any atom is 0.127 e. The number of nitrogens with two attached hydrogens (primary N) is 1. The van der Waals surface area contributed by atoms with Gasteiger partial charge < -0.3 is 5.73 Å². The van der Waals surface area contributed by atoms with Crippen LogP contribution in [0.4, 0.5) is 4.39 Å². The fourth-order valence-corrected chi connectivity index (χ4v) is 2.27. The quantitative estimate of drug-likeness (QED) is 0.845. The molecule has 2 nitrogen and oxygen atoms in total. The summed E-state index contributed by atoms with van der Waals surface area (Å²) in [7, 11) is 0. The van der Waals surface area contributed by atoms with Crippen LogP contribution in [-0.2, 0) is 12.3 Å². The van der Waals surface area contributed by atoms with Gasteiger partial charge in [0.2, 0.25) is 0 Å². The van der Waals surface area contributed by atoms with E-state index in [4.69, 9.17) is 5.73 Å². The van der Waals surface area contributed by atoms with Gasteiger partial charge in [0.05, 0.1) is 5.03 Å². The van der Waals surface area contributed by atoms with Crippen molar-refractivity contribution in [3.8, 4) is 0 Å². The van der Waals surface area contributed by atoms with Gasteiger partial charge in [-0.2, -0.15) is 0 Å². The van der Waals surface area contributed by atoms with Crippen LogP contribution in [-0.4, -0.2) is 4.98 Å². The Morgan fingerprint density at radius 3 is 2.76 bits per heavy atom. The van der Waals surface area contributed by atoms with Crippen molar-refractivity contribution in [1.82, 2.24) is 4.98 Å². The van der Waals surface area contributed by atoms with Crippen LogP contribution in [0.2, 0.25) is 0 Å². The van der Waals surface area contributed by atoms with E-state index in [1.165, 1.54) is 17.8 Å². The molecular weight excluding hydrogens is 235 g/mol.